The third-order valence-electron chi connectivity index (χ3n) is 3.74. The highest BCUT2D eigenvalue weighted by Gasteiger charge is 2.18. The van der Waals surface area contributed by atoms with E-state index in [1.54, 1.807) is 38.3 Å². The van der Waals surface area contributed by atoms with Crippen molar-refractivity contribution >= 4 is 23.6 Å². The molecule has 0 aliphatic rings. The molecule has 1 atom stereocenters. The predicted octanol–water partition coefficient (Wildman–Crippen LogP) is 3.21. The van der Waals surface area contributed by atoms with Crippen molar-refractivity contribution in [1.82, 2.24) is 5.32 Å². The normalized spacial score (nSPS) is 11.6. The van der Waals surface area contributed by atoms with Crippen LogP contribution in [0.25, 0.3) is 0 Å². The van der Waals surface area contributed by atoms with Gasteiger partial charge in [-0.05, 0) is 25.1 Å². The Labute approximate surface area is 162 Å². The molecule has 2 rings (SSSR count). The lowest BCUT2D eigenvalue weighted by Gasteiger charge is -2.14. The summed E-state index contributed by atoms with van der Waals surface area (Å²) in [5.74, 6) is -0.489. The number of aliphatic carboxylic acids is 1. The number of para-hydroxylation sites is 1. The molecule has 2 aromatic carbocycles. The number of hydrogen-bond acceptors (Lipinski definition) is 5. The van der Waals surface area contributed by atoms with Crippen molar-refractivity contribution in [2.75, 3.05) is 20.3 Å². The van der Waals surface area contributed by atoms with Crippen LogP contribution in [-0.4, -0.2) is 42.6 Å². The first-order valence-corrected chi connectivity index (χ1v) is 9.37. The fourth-order valence-corrected chi connectivity index (χ4v) is 3.22. The van der Waals surface area contributed by atoms with Crippen molar-refractivity contribution in [1.29, 1.82) is 0 Å². The second kappa shape index (κ2) is 10.6. The SMILES string of the molecule is COCCOc1ccccc1CNC(=O)c1ccccc1SC(C)C(=O)O. The van der Waals surface area contributed by atoms with Crippen molar-refractivity contribution in [2.24, 2.45) is 0 Å². The fraction of sp³-hybridized carbons (Fsp3) is 0.300. The number of amides is 1. The minimum Gasteiger partial charge on any atom is -0.491 e. The van der Waals surface area contributed by atoms with E-state index in [4.69, 9.17) is 14.6 Å². The molecule has 0 saturated carbocycles. The van der Waals surface area contributed by atoms with Gasteiger partial charge < -0.3 is 19.9 Å². The molecule has 27 heavy (non-hydrogen) atoms. The van der Waals surface area contributed by atoms with Crippen LogP contribution in [0.5, 0.6) is 5.75 Å². The Morgan fingerprint density at radius 3 is 2.56 bits per heavy atom. The maximum atomic E-state index is 12.6. The van der Waals surface area contributed by atoms with Gasteiger partial charge in [-0.15, -0.1) is 11.8 Å². The average molecular weight is 389 g/mol. The summed E-state index contributed by atoms with van der Waals surface area (Å²) in [5.41, 5.74) is 1.30. The maximum absolute atomic E-state index is 12.6. The van der Waals surface area contributed by atoms with Gasteiger partial charge in [-0.25, -0.2) is 0 Å². The number of carboxylic acids is 1. The first-order valence-electron chi connectivity index (χ1n) is 8.49. The average Bonchev–Trinajstić information content (AvgIpc) is 2.67. The zero-order chi connectivity index (χ0) is 19.6. The van der Waals surface area contributed by atoms with Gasteiger partial charge >= 0.3 is 5.97 Å². The quantitative estimate of drug-likeness (QED) is 0.479. The first kappa shape index (κ1) is 20.8. The summed E-state index contributed by atoms with van der Waals surface area (Å²) in [6.07, 6.45) is 0. The fourth-order valence-electron chi connectivity index (χ4n) is 2.29. The molecular weight excluding hydrogens is 366 g/mol. The van der Waals surface area contributed by atoms with E-state index in [-0.39, 0.29) is 5.91 Å². The molecule has 6 nitrogen and oxygen atoms in total. The van der Waals surface area contributed by atoms with Crippen LogP contribution in [0.3, 0.4) is 0 Å². The molecule has 1 unspecified atom stereocenters. The van der Waals surface area contributed by atoms with Gasteiger partial charge in [0.25, 0.3) is 5.91 Å². The zero-order valence-corrected chi connectivity index (χ0v) is 16.1. The Hall–Kier alpha value is -2.51. The van der Waals surface area contributed by atoms with Gasteiger partial charge in [0.2, 0.25) is 0 Å². The maximum Gasteiger partial charge on any atom is 0.316 e. The summed E-state index contributed by atoms with van der Waals surface area (Å²) in [4.78, 5) is 24.4. The number of benzene rings is 2. The summed E-state index contributed by atoms with van der Waals surface area (Å²) < 4.78 is 10.7. The van der Waals surface area contributed by atoms with Crippen molar-refractivity contribution in [2.45, 2.75) is 23.6 Å². The van der Waals surface area contributed by atoms with Crippen molar-refractivity contribution < 1.29 is 24.2 Å². The van der Waals surface area contributed by atoms with Gasteiger partial charge in [0.15, 0.2) is 0 Å². The Morgan fingerprint density at radius 2 is 1.81 bits per heavy atom. The first-order chi connectivity index (χ1) is 13.0. The minimum atomic E-state index is -0.919. The molecule has 0 bridgehead atoms. The van der Waals surface area contributed by atoms with Crippen molar-refractivity contribution in [3.8, 4) is 5.75 Å². The highest BCUT2D eigenvalue weighted by Crippen LogP contribution is 2.27. The molecule has 0 aromatic heterocycles. The zero-order valence-electron chi connectivity index (χ0n) is 15.3. The Balaban J connectivity index is 2.05. The van der Waals surface area contributed by atoms with E-state index in [1.807, 2.05) is 24.3 Å². The molecule has 144 valence electrons. The van der Waals surface area contributed by atoms with E-state index in [0.717, 1.165) is 17.3 Å². The number of thioether (sulfide) groups is 1. The van der Waals surface area contributed by atoms with E-state index >= 15 is 0 Å². The number of nitrogens with one attached hydrogen (secondary N) is 1. The lowest BCUT2D eigenvalue weighted by molar-refractivity contribution is -0.136. The van der Waals surface area contributed by atoms with E-state index in [1.165, 1.54) is 0 Å². The summed E-state index contributed by atoms with van der Waals surface area (Å²) in [5, 5.41) is 11.3. The topological polar surface area (TPSA) is 84.9 Å². The molecule has 0 heterocycles. The van der Waals surface area contributed by atoms with Crippen LogP contribution in [0.15, 0.2) is 53.4 Å². The predicted molar refractivity (Wildman–Crippen MR) is 104 cm³/mol. The molecule has 2 N–H and O–H groups in total. The smallest absolute Gasteiger partial charge is 0.316 e. The standard InChI is InChI=1S/C20H23NO5S/c1-14(20(23)24)27-18-10-6-4-8-16(18)19(22)21-13-15-7-3-5-9-17(15)26-12-11-25-2/h3-10,14H,11-13H2,1-2H3,(H,21,22)(H,23,24). The summed E-state index contributed by atoms with van der Waals surface area (Å²) in [6, 6.07) is 14.5. The molecule has 2 aromatic rings. The van der Waals surface area contributed by atoms with Gasteiger partial charge in [-0.2, -0.15) is 0 Å². The van der Waals surface area contributed by atoms with Crippen LogP contribution in [0.2, 0.25) is 0 Å². The van der Waals surface area contributed by atoms with Crippen LogP contribution < -0.4 is 10.1 Å². The van der Waals surface area contributed by atoms with Gasteiger partial charge in [0, 0.05) is 24.1 Å². The number of rotatable bonds is 10. The molecule has 0 radical (unpaired) electrons. The highest BCUT2D eigenvalue weighted by atomic mass is 32.2. The largest absolute Gasteiger partial charge is 0.491 e. The monoisotopic (exact) mass is 389 g/mol. The molecule has 0 fully saturated rings. The van der Waals surface area contributed by atoms with E-state index in [2.05, 4.69) is 5.32 Å². The second-order valence-electron chi connectivity index (χ2n) is 5.73. The molecule has 0 aliphatic heterocycles. The van der Waals surface area contributed by atoms with Gasteiger partial charge in [0.1, 0.15) is 17.6 Å². The third kappa shape index (κ3) is 6.30. The Bertz CT molecular complexity index is 780. The van der Waals surface area contributed by atoms with E-state index in [9.17, 15) is 9.59 Å². The van der Waals surface area contributed by atoms with Crippen LogP contribution >= 0.6 is 11.8 Å². The Kier molecular flexibility index (Phi) is 8.16. The van der Waals surface area contributed by atoms with Crippen LogP contribution in [0, 0.1) is 0 Å². The van der Waals surface area contributed by atoms with Gasteiger partial charge in [-0.3, -0.25) is 9.59 Å². The lowest BCUT2D eigenvalue weighted by atomic mass is 10.1. The molecule has 1 amide bonds. The third-order valence-corrected chi connectivity index (χ3v) is 4.91. The molecule has 0 aliphatic carbocycles. The number of carboxylic acid groups (broad SMARTS) is 1. The number of ether oxygens (including phenoxy) is 2. The minimum absolute atomic E-state index is 0.262. The van der Waals surface area contributed by atoms with Gasteiger partial charge in [-0.1, -0.05) is 30.3 Å². The highest BCUT2D eigenvalue weighted by molar-refractivity contribution is 8.00. The summed E-state index contributed by atoms with van der Waals surface area (Å²) in [6.45, 7) is 2.80. The van der Waals surface area contributed by atoms with E-state index < -0.39 is 11.2 Å². The second-order valence-corrected chi connectivity index (χ2v) is 7.11. The molecule has 0 spiro atoms. The van der Waals surface area contributed by atoms with Gasteiger partial charge in [0.05, 0.1) is 12.2 Å². The summed E-state index contributed by atoms with van der Waals surface area (Å²) in [7, 11) is 1.61. The van der Waals surface area contributed by atoms with Crippen molar-refractivity contribution in [3.63, 3.8) is 0 Å². The Morgan fingerprint density at radius 1 is 1.11 bits per heavy atom. The number of methoxy groups -OCH3 is 1. The number of hydrogen-bond donors (Lipinski definition) is 2. The van der Waals surface area contributed by atoms with Crippen LogP contribution in [0.1, 0.15) is 22.8 Å². The van der Waals surface area contributed by atoms with Crippen LogP contribution in [-0.2, 0) is 16.1 Å². The molecule has 0 saturated heterocycles. The van der Waals surface area contributed by atoms with E-state index in [0.29, 0.717) is 36.0 Å². The van der Waals surface area contributed by atoms with Crippen LogP contribution in [0.4, 0.5) is 0 Å². The number of carbonyl (C=O) groups excluding carboxylic acids is 1. The lowest BCUT2D eigenvalue weighted by Crippen LogP contribution is -2.24. The molecular formula is C20H23NO5S. The van der Waals surface area contributed by atoms with Crippen molar-refractivity contribution in [3.05, 3.63) is 59.7 Å². The molecule has 7 heteroatoms. The summed E-state index contributed by atoms with van der Waals surface area (Å²) >= 11 is 1.15. The number of carbonyl (C=O) groups is 2.